The molecular formula is C14H20N2O2. The number of hydrogen-bond donors (Lipinski definition) is 2. The van der Waals surface area contributed by atoms with Crippen molar-refractivity contribution in [3.05, 3.63) is 34.2 Å². The van der Waals surface area contributed by atoms with Gasteiger partial charge >= 0.3 is 0 Å². The summed E-state index contributed by atoms with van der Waals surface area (Å²) in [6.45, 7) is 0.656. The van der Waals surface area contributed by atoms with Crippen LogP contribution in [0.15, 0.2) is 23.3 Å². The first-order valence-corrected chi connectivity index (χ1v) is 6.72. The predicted octanol–water partition coefficient (Wildman–Crippen LogP) is 2.08. The summed E-state index contributed by atoms with van der Waals surface area (Å²) in [5.41, 5.74) is -0.0413. The van der Waals surface area contributed by atoms with E-state index in [2.05, 4.69) is 10.3 Å². The number of aromatic amines is 1. The van der Waals surface area contributed by atoms with Crippen LogP contribution in [0.5, 0.6) is 0 Å². The number of hydrogen-bond acceptors (Lipinski definition) is 2. The molecule has 0 radical (unpaired) electrons. The smallest absolute Gasteiger partial charge is 0.256 e. The van der Waals surface area contributed by atoms with Crippen LogP contribution in [0.4, 0.5) is 0 Å². The summed E-state index contributed by atoms with van der Waals surface area (Å²) < 4.78 is 0. The van der Waals surface area contributed by atoms with Crippen molar-refractivity contribution in [1.29, 1.82) is 0 Å². The Morgan fingerprint density at radius 1 is 1.39 bits per heavy atom. The van der Waals surface area contributed by atoms with Gasteiger partial charge in [0.25, 0.3) is 5.91 Å². The van der Waals surface area contributed by atoms with E-state index < -0.39 is 0 Å². The van der Waals surface area contributed by atoms with E-state index in [1.54, 1.807) is 0 Å². The van der Waals surface area contributed by atoms with E-state index in [0.717, 1.165) is 12.3 Å². The van der Waals surface area contributed by atoms with Crippen molar-refractivity contribution in [2.45, 2.75) is 38.5 Å². The molecule has 2 N–H and O–H groups in total. The molecule has 2 rings (SSSR count). The third kappa shape index (κ3) is 3.45. The Balaban J connectivity index is 1.72. The molecule has 4 nitrogen and oxygen atoms in total. The molecule has 1 saturated carbocycles. The molecular weight excluding hydrogens is 228 g/mol. The molecule has 1 heterocycles. The number of carbonyl (C=O) groups excluding carboxylic acids is 1. The molecule has 0 atom stereocenters. The minimum atomic E-state index is -0.275. The summed E-state index contributed by atoms with van der Waals surface area (Å²) in [5, 5.41) is 2.80. The topological polar surface area (TPSA) is 62.0 Å². The van der Waals surface area contributed by atoms with Crippen LogP contribution in [-0.4, -0.2) is 17.4 Å². The second kappa shape index (κ2) is 6.38. The van der Waals surface area contributed by atoms with Crippen molar-refractivity contribution in [2.24, 2.45) is 5.92 Å². The van der Waals surface area contributed by atoms with Gasteiger partial charge in [-0.1, -0.05) is 25.7 Å². The van der Waals surface area contributed by atoms with Crippen LogP contribution in [0.3, 0.4) is 0 Å². The highest BCUT2D eigenvalue weighted by Gasteiger charge is 2.14. The van der Waals surface area contributed by atoms with Gasteiger partial charge < -0.3 is 10.3 Å². The van der Waals surface area contributed by atoms with Crippen molar-refractivity contribution in [2.75, 3.05) is 6.54 Å². The molecule has 1 aliphatic carbocycles. The molecule has 0 saturated heterocycles. The lowest BCUT2D eigenvalue weighted by Crippen LogP contribution is -2.29. The third-order valence-electron chi connectivity index (χ3n) is 3.62. The summed E-state index contributed by atoms with van der Waals surface area (Å²) in [6.07, 6.45) is 10.6. The zero-order chi connectivity index (χ0) is 12.8. The molecule has 1 aromatic heterocycles. The third-order valence-corrected chi connectivity index (χ3v) is 3.62. The maximum absolute atomic E-state index is 11.7. The molecule has 0 spiro atoms. The fourth-order valence-corrected chi connectivity index (χ4v) is 2.58. The monoisotopic (exact) mass is 248 g/mol. The molecule has 1 aromatic rings. The van der Waals surface area contributed by atoms with Gasteiger partial charge in [-0.3, -0.25) is 9.59 Å². The van der Waals surface area contributed by atoms with Gasteiger partial charge in [0.1, 0.15) is 5.56 Å². The average Bonchev–Trinajstić information content (AvgIpc) is 2.88. The number of amides is 1. The van der Waals surface area contributed by atoms with Gasteiger partial charge in [0.15, 0.2) is 5.43 Å². The van der Waals surface area contributed by atoms with Crippen molar-refractivity contribution in [3.8, 4) is 0 Å². The first-order chi connectivity index (χ1) is 8.77. The molecule has 18 heavy (non-hydrogen) atoms. The van der Waals surface area contributed by atoms with E-state index in [9.17, 15) is 9.59 Å². The number of rotatable bonds is 5. The van der Waals surface area contributed by atoms with E-state index in [-0.39, 0.29) is 16.9 Å². The number of aromatic nitrogens is 1. The van der Waals surface area contributed by atoms with Gasteiger partial charge in [0.2, 0.25) is 0 Å². The Bertz CT molecular complexity index is 447. The average molecular weight is 248 g/mol. The van der Waals surface area contributed by atoms with Gasteiger partial charge in [0.05, 0.1) is 0 Å². The largest absolute Gasteiger partial charge is 0.367 e. The fraction of sp³-hybridized carbons (Fsp3) is 0.571. The van der Waals surface area contributed by atoms with E-state index in [4.69, 9.17) is 0 Å². The molecule has 1 amide bonds. The van der Waals surface area contributed by atoms with Crippen LogP contribution in [0.2, 0.25) is 0 Å². The van der Waals surface area contributed by atoms with Gasteiger partial charge in [-0.15, -0.1) is 0 Å². The lowest BCUT2D eigenvalue weighted by molar-refractivity contribution is 0.0951. The first-order valence-electron chi connectivity index (χ1n) is 6.72. The van der Waals surface area contributed by atoms with Gasteiger partial charge in [-0.2, -0.15) is 0 Å². The Hall–Kier alpha value is -1.58. The Morgan fingerprint density at radius 3 is 2.89 bits per heavy atom. The van der Waals surface area contributed by atoms with Crippen LogP contribution in [0, 0.1) is 5.92 Å². The number of nitrogens with one attached hydrogen (secondary N) is 2. The molecule has 0 unspecified atom stereocenters. The van der Waals surface area contributed by atoms with Crippen LogP contribution in [-0.2, 0) is 0 Å². The van der Waals surface area contributed by atoms with Gasteiger partial charge in [-0.25, -0.2) is 0 Å². The SMILES string of the molecule is O=C(NCCCC1CCCC1)c1c[nH]ccc1=O. The van der Waals surface area contributed by atoms with Gasteiger partial charge in [-0.05, 0) is 18.8 Å². The minimum Gasteiger partial charge on any atom is -0.367 e. The zero-order valence-electron chi connectivity index (χ0n) is 10.6. The second-order valence-corrected chi connectivity index (χ2v) is 4.97. The van der Waals surface area contributed by atoms with Crippen LogP contribution < -0.4 is 10.7 Å². The summed E-state index contributed by atoms with van der Waals surface area (Å²) in [5.74, 6) is 0.574. The molecule has 4 heteroatoms. The lowest BCUT2D eigenvalue weighted by Gasteiger charge is -2.09. The highest BCUT2D eigenvalue weighted by Crippen LogP contribution is 2.28. The number of carbonyl (C=O) groups is 1. The highest BCUT2D eigenvalue weighted by molar-refractivity contribution is 5.93. The molecule has 0 aromatic carbocycles. The fourth-order valence-electron chi connectivity index (χ4n) is 2.58. The van der Waals surface area contributed by atoms with Crippen LogP contribution in [0.1, 0.15) is 48.9 Å². The van der Waals surface area contributed by atoms with Crippen LogP contribution >= 0.6 is 0 Å². The quantitative estimate of drug-likeness (QED) is 0.784. The van der Waals surface area contributed by atoms with E-state index in [1.807, 2.05) is 0 Å². The number of H-pyrrole nitrogens is 1. The van der Waals surface area contributed by atoms with Crippen molar-refractivity contribution >= 4 is 5.91 Å². The van der Waals surface area contributed by atoms with Crippen molar-refractivity contribution in [1.82, 2.24) is 10.3 Å². The minimum absolute atomic E-state index is 0.193. The normalized spacial score (nSPS) is 15.8. The highest BCUT2D eigenvalue weighted by atomic mass is 16.2. The Kier molecular flexibility index (Phi) is 4.56. The number of pyridine rings is 1. The van der Waals surface area contributed by atoms with E-state index in [1.165, 1.54) is 50.6 Å². The summed E-state index contributed by atoms with van der Waals surface area (Å²) >= 11 is 0. The molecule has 0 aliphatic heterocycles. The maximum Gasteiger partial charge on any atom is 0.256 e. The summed E-state index contributed by atoms with van der Waals surface area (Å²) in [4.78, 5) is 25.9. The Labute approximate surface area is 107 Å². The summed E-state index contributed by atoms with van der Waals surface area (Å²) in [7, 11) is 0. The standard InChI is InChI=1S/C14H20N2O2/c17-13-7-9-15-10-12(13)14(18)16-8-3-6-11-4-1-2-5-11/h7,9-11H,1-6,8H2,(H,15,17)(H,16,18). The van der Waals surface area contributed by atoms with E-state index in [0.29, 0.717) is 6.54 Å². The zero-order valence-corrected chi connectivity index (χ0v) is 10.6. The molecule has 0 bridgehead atoms. The molecule has 1 aliphatic rings. The predicted molar refractivity (Wildman–Crippen MR) is 70.6 cm³/mol. The lowest BCUT2D eigenvalue weighted by atomic mass is 10.0. The van der Waals surface area contributed by atoms with E-state index >= 15 is 0 Å². The Morgan fingerprint density at radius 2 is 2.17 bits per heavy atom. The molecule has 1 fully saturated rings. The van der Waals surface area contributed by atoms with Crippen molar-refractivity contribution < 1.29 is 4.79 Å². The maximum atomic E-state index is 11.7. The van der Waals surface area contributed by atoms with Crippen LogP contribution in [0.25, 0.3) is 0 Å². The first kappa shape index (κ1) is 12.9. The summed E-state index contributed by atoms with van der Waals surface area (Å²) in [6, 6.07) is 1.37. The molecule has 98 valence electrons. The van der Waals surface area contributed by atoms with Gasteiger partial charge in [0, 0.05) is 25.0 Å². The van der Waals surface area contributed by atoms with Crippen molar-refractivity contribution in [3.63, 3.8) is 0 Å². The second-order valence-electron chi connectivity index (χ2n) is 4.97.